The average molecular weight is 317 g/mol. The summed E-state index contributed by atoms with van der Waals surface area (Å²) < 4.78 is 32.4. The largest absolute Gasteiger partial charge is 0.494 e. The van der Waals surface area contributed by atoms with E-state index >= 15 is 0 Å². The van der Waals surface area contributed by atoms with Gasteiger partial charge in [0.15, 0.2) is 0 Å². The molecule has 0 heterocycles. The summed E-state index contributed by atoms with van der Waals surface area (Å²) in [6.07, 6.45) is 1.56. The van der Waals surface area contributed by atoms with Crippen LogP contribution in [0.15, 0.2) is 72.1 Å². The van der Waals surface area contributed by atoms with E-state index in [4.69, 9.17) is 4.74 Å². The average Bonchev–Trinajstić information content (AvgIpc) is 2.54. The molecule has 0 aliphatic carbocycles. The molecule has 0 unspecified atom stereocenters. The minimum Gasteiger partial charge on any atom is -0.494 e. The van der Waals surface area contributed by atoms with Crippen LogP contribution in [0, 0.1) is 0 Å². The normalized spacial score (nSPS) is 11.0. The maximum Gasteiger partial charge on any atom is 0.264 e. The lowest BCUT2D eigenvalue weighted by molar-refractivity contribution is 0.340. The van der Waals surface area contributed by atoms with Gasteiger partial charge < -0.3 is 4.74 Å². The standard InChI is InChI=1S/C17H19NO3S/c1-3-13-18(15-9-8-10-16(14-15)21-4-2)22(19,20)17-11-6-5-7-12-17/h3,5-12,14H,1,4,13H2,2H3. The summed E-state index contributed by atoms with van der Waals surface area (Å²) in [6, 6.07) is 15.4. The molecule has 0 bridgehead atoms. The Bertz CT molecular complexity index is 727. The summed E-state index contributed by atoms with van der Waals surface area (Å²) in [5.74, 6) is 0.636. The molecule has 0 N–H and O–H groups in total. The minimum atomic E-state index is -3.64. The van der Waals surface area contributed by atoms with Crippen molar-refractivity contribution in [2.45, 2.75) is 11.8 Å². The minimum absolute atomic E-state index is 0.187. The molecule has 2 aromatic rings. The number of nitrogens with zero attached hydrogens (tertiary/aromatic N) is 1. The molecule has 0 fully saturated rings. The SMILES string of the molecule is C=CCN(c1cccc(OCC)c1)S(=O)(=O)c1ccccc1. The number of rotatable bonds is 7. The van der Waals surface area contributed by atoms with Crippen LogP contribution in [0.5, 0.6) is 5.75 Å². The Labute approximate surface area is 131 Å². The van der Waals surface area contributed by atoms with Gasteiger partial charge in [-0.25, -0.2) is 8.42 Å². The fourth-order valence-corrected chi connectivity index (χ4v) is 3.52. The van der Waals surface area contributed by atoms with Crippen LogP contribution in [0.1, 0.15) is 6.92 Å². The zero-order chi connectivity index (χ0) is 16.0. The summed E-state index contributed by atoms with van der Waals surface area (Å²) in [5, 5.41) is 0. The highest BCUT2D eigenvalue weighted by atomic mass is 32.2. The van der Waals surface area contributed by atoms with Crippen LogP contribution < -0.4 is 9.04 Å². The van der Waals surface area contributed by atoms with E-state index in [2.05, 4.69) is 6.58 Å². The molecule has 2 rings (SSSR count). The van der Waals surface area contributed by atoms with E-state index < -0.39 is 10.0 Å². The molecule has 0 atom stereocenters. The Morgan fingerprint density at radius 3 is 2.50 bits per heavy atom. The molecule has 0 aliphatic rings. The Morgan fingerprint density at radius 1 is 1.14 bits per heavy atom. The molecule has 0 amide bonds. The lowest BCUT2D eigenvalue weighted by Gasteiger charge is -2.23. The highest BCUT2D eigenvalue weighted by Gasteiger charge is 2.23. The molecule has 0 saturated heterocycles. The van der Waals surface area contributed by atoms with E-state index in [0.29, 0.717) is 18.0 Å². The predicted molar refractivity (Wildman–Crippen MR) is 88.8 cm³/mol. The third-order valence-electron chi connectivity index (χ3n) is 3.04. The van der Waals surface area contributed by atoms with Crippen molar-refractivity contribution in [2.24, 2.45) is 0 Å². The number of hydrogen-bond acceptors (Lipinski definition) is 3. The van der Waals surface area contributed by atoms with Crippen LogP contribution in [0.25, 0.3) is 0 Å². The van der Waals surface area contributed by atoms with Gasteiger partial charge in [-0.15, -0.1) is 6.58 Å². The molecule has 0 saturated carbocycles. The topological polar surface area (TPSA) is 46.6 Å². The summed E-state index contributed by atoms with van der Waals surface area (Å²) in [4.78, 5) is 0.249. The van der Waals surface area contributed by atoms with Crippen molar-refractivity contribution in [3.05, 3.63) is 67.3 Å². The third kappa shape index (κ3) is 3.49. The van der Waals surface area contributed by atoms with Gasteiger partial charge in [-0.1, -0.05) is 30.3 Å². The van der Waals surface area contributed by atoms with Crippen LogP contribution in [0.3, 0.4) is 0 Å². The van der Waals surface area contributed by atoms with Crippen molar-refractivity contribution < 1.29 is 13.2 Å². The van der Waals surface area contributed by atoms with Crippen molar-refractivity contribution in [2.75, 3.05) is 17.5 Å². The van der Waals surface area contributed by atoms with E-state index in [-0.39, 0.29) is 11.4 Å². The van der Waals surface area contributed by atoms with Crippen molar-refractivity contribution in [1.29, 1.82) is 0 Å². The van der Waals surface area contributed by atoms with Gasteiger partial charge in [-0.05, 0) is 31.2 Å². The Balaban J connectivity index is 2.46. The first kappa shape index (κ1) is 16.1. The van der Waals surface area contributed by atoms with Crippen LogP contribution in [-0.2, 0) is 10.0 Å². The molecule has 22 heavy (non-hydrogen) atoms. The number of benzene rings is 2. The molecule has 116 valence electrons. The molecule has 4 nitrogen and oxygen atoms in total. The van der Waals surface area contributed by atoms with Crippen molar-refractivity contribution >= 4 is 15.7 Å². The first-order valence-corrected chi connectivity index (χ1v) is 8.45. The summed E-state index contributed by atoms with van der Waals surface area (Å²) in [6.45, 7) is 6.25. The van der Waals surface area contributed by atoms with Gasteiger partial charge in [0.05, 0.1) is 23.7 Å². The molecular weight excluding hydrogens is 298 g/mol. The fourth-order valence-electron chi connectivity index (χ4n) is 2.07. The Hall–Kier alpha value is -2.27. The quantitative estimate of drug-likeness (QED) is 0.735. The fraction of sp³-hybridized carbons (Fsp3) is 0.176. The zero-order valence-electron chi connectivity index (χ0n) is 12.5. The molecule has 0 spiro atoms. The molecule has 5 heteroatoms. The van der Waals surface area contributed by atoms with E-state index in [1.54, 1.807) is 60.7 Å². The van der Waals surface area contributed by atoms with Gasteiger partial charge in [-0.3, -0.25) is 4.31 Å². The molecular formula is C17H19NO3S. The van der Waals surface area contributed by atoms with E-state index in [9.17, 15) is 8.42 Å². The second-order valence-corrected chi connectivity index (χ2v) is 6.43. The predicted octanol–water partition coefficient (Wildman–Crippen LogP) is 3.47. The van der Waals surface area contributed by atoms with E-state index in [1.807, 2.05) is 6.92 Å². The third-order valence-corrected chi connectivity index (χ3v) is 4.85. The lowest BCUT2D eigenvalue weighted by atomic mass is 10.3. The van der Waals surface area contributed by atoms with Crippen LogP contribution in [0.2, 0.25) is 0 Å². The van der Waals surface area contributed by atoms with E-state index in [0.717, 1.165) is 0 Å². The first-order valence-electron chi connectivity index (χ1n) is 7.01. The number of ether oxygens (including phenoxy) is 1. The van der Waals surface area contributed by atoms with Gasteiger partial charge in [0.2, 0.25) is 0 Å². The smallest absolute Gasteiger partial charge is 0.264 e. The summed E-state index contributed by atoms with van der Waals surface area (Å²) in [5.41, 5.74) is 0.551. The second kappa shape index (κ2) is 7.13. The second-order valence-electron chi connectivity index (χ2n) is 4.57. The monoisotopic (exact) mass is 317 g/mol. The van der Waals surface area contributed by atoms with Crippen molar-refractivity contribution in [3.63, 3.8) is 0 Å². The van der Waals surface area contributed by atoms with E-state index in [1.165, 1.54) is 4.31 Å². The van der Waals surface area contributed by atoms with Gasteiger partial charge in [0.1, 0.15) is 5.75 Å². The molecule has 0 radical (unpaired) electrons. The number of sulfonamides is 1. The number of hydrogen-bond donors (Lipinski definition) is 0. The van der Waals surface area contributed by atoms with Crippen molar-refractivity contribution in [1.82, 2.24) is 0 Å². The molecule has 0 aliphatic heterocycles. The van der Waals surface area contributed by atoms with Gasteiger partial charge in [0, 0.05) is 6.07 Å². The van der Waals surface area contributed by atoms with Crippen molar-refractivity contribution in [3.8, 4) is 5.75 Å². The maximum atomic E-state index is 12.8. The van der Waals surface area contributed by atoms with Gasteiger partial charge in [0.25, 0.3) is 10.0 Å². The summed E-state index contributed by atoms with van der Waals surface area (Å²) >= 11 is 0. The van der Waals surface area contributed by atoms with Crippen LogP contribution in [-0.4, -0.2) is 21.6 Å². The molecule has 2 aromatic carbocycles. The van der Waals surface area contributed by atoms with Gasteiger partial charge in [-0.2, -0.15) is 0 Å². The highest BCUT2D eigenvalue weighted by Crippen LogP contribution is 2.26. The maximum absolute atomic E-state index is 12.8. The first-order chi connectivity index (χ1) is 10.6. The summed E-state index contributed by atoms with van der Waals surface area (Å²) in [7, 11) is -3.64. The Morgan fingerprint density at radius 2 is 1.86 bits per heavy atom. The number of anilines is 1. The van der Waals surface area contributed by atoms with Gasteiger partial charge >= 0.3 is 0 Å². The lowest BCUT2D eigenvalue weighted by Crippen LogP contribution is -2.31. The van der Waals surface area contributed by atoms with Crippen LogP contribution in [0.4, 0.5) is 5.69 Å². The van der Waals surface area contributed by atoms with Crippen LogP contribution >= 0.6 is 0 Å². The Kier molecular flexibility index (Phi) is 5.22. The highest BCUT2D eigenvalue weighted by molar-refractivity contribution is 7.92. The zero-order valence-corrected chi connectivity index (χ0v) is 13.3. The molecule has 0 aromatic heterocycles.